The summed E-state index contributed by atoms with van der Waals surface area (Å²) < 4.78 is 43.4. The van der Waals surface area contributed by atoms with Crippen molar-refractivity contribution in [3.63, 3.8) is 0 Å². The van der Waals surface area contributed by atoms with E-state index in [4.69, 9.17) is 5.11 Å². The van der Waals surface area contributed by atoms with Crippen LogP contribution in [0.15, 0.2) is 12.1 Å². The molecular weight excluding hydrogens is 281 g/mol. The van der Waals surface area contributed by atoms with Gasteiger partial charge in [-0.25, -0.2) is 18.0 Å². The van der Waals surface area contributed by atoms with Gasteiger partial charge in [0.15, 0.2) is 11.6 Å². The van der Waals surface area contributed by atoms with Crippen molar-refractivity contribution in [2.45, 2.75) is 6.92 Å². The molecule has 2 aromatic rings. The van der Waals surface area contributed by atoms with Crippen molar-refractivity contribution in [3.8, 4) is 0 Å². The molecule has 0 saturated carbocycles. The summed E-state index contributed by atoms with van der Waals surface area (Å²) in [6.07, 6.45) is 0. The Bertz CT molecular complexity index is 634. The summed E-state index contributed by atoms with van der Waals surface area (Å²) in [4.78, 5) is 11.0. The highest BCUT2D eigenvalue weighted by Crippen LogP contribution is 2.30. The molecule has 0 fully saturated rings. The number of hydrogen-bond donors (Lipinski definition) is 2. The van der Waals surface area contributed by atoms with Gasteiger partial charge in [-0.05, 0) is 18.5 Å². The third-order valence-electron chi connectivity index (χ3n) is 2.32. The molecule has 0 unspecified atom stereocenters. The summed E-state index contributed by atoms with van der Waals surface area (Å²) in [5.74, 6) is -4.63. The highest BCUT2D eigenvalue weighted by Gasteiger charge is 2.20. The first-order chi connectivity index (χ1) is 8.90. The molecule has 1 aromatic heterocycles. The second-order valence-electron chi connectivity index (χ2n) is 3.65. The Labute approximate surface area is 109 Å². The number of anilines is 2. The topological polar surface area (TPSA) is 62.2 Å². The lowest BCUT2D eigenvalue weighted by atomic mass is 10.2. The van der Waals surface area contributed by atoms with E-state index in [-0.39, 0.29) is 16.3 Å². The van der Waals surface area contributed by atoms with Crippen LogP contribution < -0.4 is 5.32 Å². The van der Waals surface area contributed by atoms with Gasteiger partial charge in [-0.2, -0.15) is 4.37 Å². The molecule has 2 N–H and O–H groups in total. The maximum absolute atomic E-state index is 13.4. The maximum Gasteiger partial charge on any atom is 0.340 e. The molecule has 1 aromatic carbocycles. The van der Waals surface area contributed by atoms with Gasteiger partial charge >= 0.3 is 5.97 Å². The maximum atomic E-state index is 13.4. The number of carbonyl (C=O) groups is 1. The van der Waals surface area contributed by atoms with E-state index < -0.39 is 29.1 Å². The van der Waals surface area contributed by atoms with Gasteiger partial charge in [0.05, 0.1) is 5.69 Å². The Hall–Kier alpha value is -2.09. The van der Waals surface area contributed by atoms with Crippen molar-refractivity contribution in [1.29, 1.82) is 0 Å². The summed E-state index contributed by atoms with van der Waals surface area (Å²) in [5, 5.41) is 11.3. The van der Waals surface area contributed by atoms with Crippen LogP contribution in [0, 0.1) is 24.4 Å². The Morgan fingerprint density at radius 2 is 1.89 bits per heavy atom. The lowest BCUT2D eigenvalue weighted by Gasteiger charge is -2.07. The van der Waals surface area contributed by atoms with Crippen molar-refractivity contribution in [3.05, 3.63) is 40.8 Å². The summed E-state index contributed by atoms with van der Waals surface area (Å²) >= 11 is 0.752. The molecule has 0 aliphatic rings. The quantitative estimate of drug-likeness (QED) is 0.909. The average Bonchev–Trinajstić information content (AvgIpc) is 2.64. The van der Waals surface area contributed by atoms with Crippen LogP contribution in [-0.2, 0) is 0 Å². The van der Waals surface area contributed by atoms with Crippen LogP contribution in [0.25, 0.3) is 0 Å². The van der Waals surface area contributed by atoms with E-state index in [1.165, 1.54) is 6.92 Å². The number of nitrogens with zero attached hydrogens (tertiary/aromatic N) is 1. The van der Waals surface area contributed by atoms with Crippen molar-refractivity contribution < 1.29 is 23.1 Å². The van der Waals surface area contributed by atoms with Crippen LogP contribution in [0.5, 0.6) is 0 Å². The summed E-state index contributed by atoms with van der Waals surface area (Å²) in [6.45, 7) is 1.46. The van der Waals surface area contributed by atoms with Gasteiger partial charge in [-0.15, -0.1) is 0 Å². The van der Waals surface area contributed by atoms with E-state index in [9.17, 15) is 18.0 Å². The molecule has 100 valence electrons. The van der Waals surface area contributed by atoms with Crippen LogP contribution in [0.1, 0.15) is 16.1 Å². The van der Waals surface area contributed by atoms with Crippen LogP contribution in [0.2, 0.25) is 0 Å². The molecule has 0 aliphatic heterocycles. The molecule has 0 aliphatic carbocycles. The molecule has 0 atom stereocenters. The lowest BCUT2D eigenvalue weighted by Crippen LogP contribution is -2.04. The fourth-order valence-electron chi connectivity index (χ4n) is 1.48. The predicted octanol–water partition coefficient (Wildman–Crippen LogP) is 3.31. The fourth-order valence-corrected chi connectivity index (χ4v) is 2.28. The standard InChI is InChI=1S/C11H7F3N2O2S/c1-4-8(11(17)18)10(19-16-4)15-9-6(13)2-5(12)3-7(9)14/h2-3,15H,1H3,(H,17,18). The average molecular weight is 288 g/mol. The molecule has 19 heavy (non-hydrogen) atoms. The summed E-state index contributed by atoms with van der Waals surface area (Å²) in [7, 11) is 0. The van der Waals surface area contributed by atoms with E-state index in [2.05, 4.69) is 9.69 Å². The number of aryl methyl sites for hydroxylation is 1. The number of rotatable bonds is 3. The summed E-state index contributed by atoms with van der Waals surface area (Å²) in [5.41, 5.74) is -0.566. The van der Waals surface area contributed by atoms with Gasteiger partial charge in [0.25, 0.3) is 0 Å². The zero-order valence-corrected chi connectivity index (χ0v) is 10.3. The zero-order chi connectivity index (χ0) is 14.2. The fraction of sp³-hybridized carbons (Fsp3) is 0.0909. The molecule has 2 rings (SSSR count). The monoisotopic (exact) mass is 288 g/mol. The van der Waals surface area contributed by atoms with Gasteiger partial charge in [-0.1, -0.05) is 0 Å². The van der Waals surface area contributed by atoms with E-state index in [1.807, 2.05) is 0 Å². The minimum atomic E-state index is -1.27. The SMILES string of the molecule is Cc1nsc(Nc2c(F)cc(F)cc2F)c1C(=O)O. The molecular formula is C11H7F3N2O2S. The third kappa shape index (κ3) is 2.53. The third-order valence-corrected chi connectivity index (χ3v) is 3.18. The number of carboxylic acids is 1. The minimum Gasteiger partial charge on any atom is -0.478 e. The second-order valence-corrected chi connectivity index (χ2v) is 4.42. The number of hydrogen-bond acceptors (Lipinski definition) is 4. The number of halogens is 3. The normalized spacial score (nSPS) is 10.5. The van der Waals surface area contributed by atoms with E-state index in [0.29, 0.717) is 12.1 Å². The number of nitrogens with one attached hydrogen (secondary N) is 1. The molecule has 0 amide bonds. The highest BCUT2D eigenvalue weighted by molar-refractivity contribution is 7.10. The Morgan fingerprint density at radius 1 is 1.32 bits per heavy atom. The zero-order valence-electron chi connectivity index (χ0n) is 9.50. The molecule has 0 bridgehead atoms. The molecule has 4 nitrogen and oxygen atoms in total. The number of aromatic carboxylic acids is 1. The van der Waals surface area contributed by atoms with Crippen molar-refractivity contribution in [2.75, 3.05) is 5.32 Å². The van der Waals surface area contributed by atoms with Crippen LogP contribution in [0.4, 0.5) is 23.9 Å². The first-order valence-corrected chi connectivity index (χ1v) is 5.78. The van der Waals surface area contributed by atoms with Crippen LogP contribution >= 0.6 is 11.5 Å². The van der Waals surface area contributed by atoms with Gasteiger partial charge in [0, 0.05) is 12.1 Å². The first-order valence-electron chi connectivity index (χ1n) is 5.01. The first kappa shape index (κ1) is 13.3. The Morgan fingerprint density at radius 3 is 2.42 bits per heavy atom. The van der Waals surface area contributed by atoms with Gasteiger partial charge in [-0.3, -0.25) is 0 Å². The van der Waals surface area contributed by atoms with E-state index >= 15 is 0 Å². The van der Waals surface area contributed by atoms with Crippen LogP contribution in [0.3, 0.4) is 0 Å². The predicted molar refractivity (Wildman–Crippen MR) is 63.4 cm³/mol. The molecule has 8 heteroatoms. The van der Waals surface area contributed by atoms with E-state index in [0.717, 1.165) is 11.5 Å². The Kier molecular flexibility index (Phi) is 3.43. The highest BCUT2D eigenvalue weighted by atomic mass is 32.1. The van der Waals surface area contributed by atoms with Crippen molar-refractivity contribution in [1.82, 2.24) is 4.37 Å². The molecule has 0 saturated heterocycles. The smallest absolute Gasteiger partial charge is 0.340 e. The summed E-state index contributed by atoms with van der Waals surface area (Å²) in [6, 6.07) is 0.999. The van der Waals surface area contributed by atoms with Gasteiger partial charge in [0.1, 0.15) is 22.1 Å². The number of benzene rings is 1. The number of aromatic nitrogens is 1. The molecule has 0 radical (unpaired) electrons. The number of carboxylic acid groups (broad SMARTS) is 1. The van der Waals surface area contributed by atoms with E-state index in [1.54, 1.807) is 0 Å². The van der Waals surface area contributed by atoms with Crippen molar-refractivity contribution >= 4 is 28.2 Å². The largest absolute Gasteiger partial charge is 0.478 e. The second kappa shape index (κ2) is 4.88. The van der Waals surface area contributed by atoms with Crippen molar-refractivity contribution in [2.24, 2.45) is 0 Å². The molecule has 0 spiro atoms. The van der Waals surface area contributed by atoms with Crippen LogP contribution in [-0.4, -0.2) is 15.4 Å². The minimum absolute atomic E-state index is 0.0191. The van der Waals surface area contributed by atoms with Gasteiger partial charge < -0.3 is 10.4 Å². The Balaban J connectivity index is 2.45. The lowest BCUT2D eigenvalue weighted by molar-refractivity contribution is 0.0697. The van der Waals surface area contributed by atoms with Gasteiger partial charge in [0.2, 0.25) is 0 Å². The molecule has 1 heterocycles.